The Hall–Kier alpha value is -0.790. The van der Waals surface area contributed by atoms with Crippen LogP contribution in [0.2, 0.25) is 0 Å². The first kappa shape index (κ1) is 25.2. The minimum atomic E-state index is 1.20. The van der Waals surface area contributed by atoms with Gasteiger partial charge >= 0.3 is 0 Å². The van der Waals surface area contributed by atoms with E-state index in [1.807, 2.05) is 0 Å². The molecule has 0 aliphatic rings. The van der Waals surface area contributed by atoms with Crippen LogP contribution in [0.15, 0.2) is 12.4 Å². The zero-order chi connectivity index (χ0) is 20.3. The van der Waals surface area contributed by atoms with Crippen molar-refractivity contribution in [1.29, 1.82) is 0 Å². The van der Waals surface area contributed by atoms with E-state index in [0.717, 1.165) is 0 Å². The number of hydrogen-bond acceptors (Lipinski definition) is 0. The Morgan fingerprint density at radius 3 is 1.68 bits per heavy atom. The predicted molar refractivity (Wildman–Crippen MR) is 124 cm³/mol. The predicted octanol–water partition coefficient (Wildman–Crippen LogP) is 8.01. The maximum absolute atomic E-state index is 2.56. The molecule has 0 aromatic carbocycles. The van der Waals surface area contributed by atoms with Gasteiger partial charge in [0.2, 0.25) is 0 Å². The van der Waals surface area contributed by atoms with Crippen LogP contribution >= 0.6 is 0 Å². The normalized spacial score (nSPS) is 11.4. The summed E-state index contributed by atoms with van der Waals surface area (Å²) >= 11 is 0. The maximum Gasteiger partial charge on any atom is 0.256 e. The van der Waals surface area contributed by atoms with Gasteiger partial charge in [-0.25, -0.2) is 9.13 Å². The summed E-state index contributed by atoms with van der Waals surface area (Å²) in [7, 11) is 0. The molecule has 0 amide bonds. The highest BCUT2D eigenvalue weighted by molar-refractivity contribution is 4.84. The molecule has 0 radical (unpaired) electrons. The third-order valence-corrected chi connectivity index (χ3v) is 6.10. The second-order valence-corrected chi connectivity index (χ2v) is 8.80. The molecule has 1 rings (SSSR count). The second kappa shape index (κ2) is 18.3. The lowest BCUT2D eigenvalue weighted by Gasteiger charge is -2.06. The van der Waals surface area contributed by atoms with Crippen LogP contribution in [0.3, 0.4) is 0 Å². The van der Waals surface area contributed by atoms with Gasteiger partial charge in [-0.1, -0.05) is 104 Å². The summed E-state index contributed by atoms with van der Waals surface area (Å²) in [5.41, 5.74) is 0. The van der Waals surface area contributed by atoms with E-state index in [0.29, 0.717) is 0 Å². The van der Waals surface area contributed by atoms with Crippen LogP contribution in [-0.4, -0.2) is 4.57 Å². The lowest BCUT2D eigenvalue weighted by Crippen LogP contribution is -2.37. The van der Waals surface area contributed by atoms with Gasteiger partial charge in [-0.3, -0.25) is 0 Å². The van der Waals surface area contributed by atoms with Gasteiger partial charge in [0.05, 0.1) is 13.1 Å². The Bertz CT molecular complexity index is 449. The van der Waals surface area contributed by atoms with Crippen molar-refractivity contribution in [2.75, 3.05) is 0 Å². The molecule has 0 saturated heterocycles. The summed E-state index contributed by atoms with van der Waals surface area (Å²) < 4.78 is 5.08. The van der Waals surface area contributed by atoms with E-state index in [9.17, 15) is 0 Å². The molecule has 1 aromatic rings. The van der Waals surface area contributed by atoms with E-state index >= 15 is 0 Å². The molecule has 28 heavy (non-hydrogen) atoms. The van der Waals surface area contributed by atoms with Crippen molar-refractivity contribution in [1.82, 2.24) is 4.57 Å². The summed E-state index contributed by atoms with van der Waals surface area (Å²) in [6.45, 7) is 9.31. The van der Waals surface area contributed by atoms with Crippen molar-refractivity contribution in [3.63, 3.8) is 0 Å². The summed E-state index contributed by atoms with van der Waals surface area (Å²) in [6, 6.07) is 0. The highest BCUT2D eigenvalue weighted by Crippen LogP contribution is 2.12. The molecule has 1 heterocycles. The number of aryl methyl sites for hydroxylation is 2. The molecule has 0 fully saturated rings. The molecular weight excluding hydrogens is 340 g/mol. The number of rotatable bonds is 20. The van der Waals surface area contributed by atoms with E-state index in [4.69, 9.17) is 0 Å². The van der Waals surface area contributed by atoms with E-state index in [1.54, 1.807) is 5.82 Å². The SMILES string of the molecule is CCCCCCCCCCCCCC[n+]1ccn(CCCC)c1CCCCC. The Kier molecular flexibility index (Phi) is 16.5. The summed E-state index contributed by atoms with van der Waals surface area (Å²) in [5, 5.41) is 0. The zero-order valence-electron chi connectivity index (χ0n) is 19.7. The standard InChI is InChI=1S/C26H51N2/c1-4-7-10-11-12-13-14-15-16-17-18-20-23-28-25-24-27(22-9-6-3)26(28)21-19-8-5-2/h24-25H,4-23H2,1-3H3/q+1. The van der Waals surface area contributed by atoms with Crippen molar-refractivity contribution < 1.29 is 4.57 Å². The highest BCUT2D eigenvalue weighted by Gasteiger charge is 2.15. The molecule has 0 aliphatic heterocycles. The maximum atomic E-state index is 2.56. The van der Waals surface area contributed by atoms with E-state index in [2.05, 4.69) is 42.3 Å². The van der Waals surface area contributed by atoms with Crippen LogP contribution in [0.25, 0.3) is 0 Å². The summed E-state index contributed by atoms with van der Waals surface area (Å²) in [6.07, 6.45) is 29.7. The molecule has 1 aromatic heterocycles. The molecule has 0 N–H and O–H groups in total. The number of unbranched alkanes of at least 4 members (excludes halogenated alkanes) is 14. The minimum absolute atomic E-state index is 1.20. The molecule has 0 unspecified atom stereocenters. The van der Waals surface area contributed by atoms with Gasteiger partial charge in [-0.2, -0.15) is 0 Å². The molecule has 2 nitrogen and oxygen atoms in total. The Morgan fingerprint density at radius 1 is 0.607 bits per heavy atom. The number of aromatic nitrogens is 2. The van der Waals surface area contributed by atoms with Crippen LogP contribution < -0.4 is 4.57 Å². The van der Waals surface area contributed by atoms with Gasteiger partial charge in [0.15, 0.2) is 0 Å². The Balaban J connectivity index is 2.15. The van der Waals surface area contributed by atoms with Gasteiger partial charge in [-0.15, -0.1) is 0 Å². The van der Waals surface area contributed by atoms with Crippen molar-refractivity contribution in [2.45, 2.75) is 149 Å². The van der Waals surface area contributed by atoms with Gasteiger partial charge < -0.3 is 0 Å². The fourth-order valence-corrected chi connectivity index (χ4v) is 4.18. The van der Waals surface area contributed by atoms with Crippen LogP contribution in [0.4, 0.5) is 0 Å². The summed E-state index contributed by atoms with van der Waals surface area (Å²) in [4.78, 5) is 0. The second-order valence-electron chi connectivity index (χ2n) is 8.80. The first-order chi connectivity index (χ1) is 13.8. The van der Waals surface area contributed by atoms with Crippen LogP contribution in [-0.2, 0) is 19.5 Å². The average molecular weight is 392 g/mol. The van der Waals surface area contributed by atoms with Gasteiger partial charge in [0.1, 0.15) is 12.4 Å². The Morgan fingerprint density at radius 2 is 1.11 bits per heavy atom. The fraction of sp³-hybridized carbons (Fsp3) is 0.885. The zero-order valence-corrected chi connectivity index (χ0v) is 19.7. The van der Waals surface area contributed by atoms with Crippen molar-refractivity contribution in [3.05, 3.63) is 18.2 Å². The monoisotopic (exact) mass is 391 g/mol. The molecule has 2 heteroatoms. The summed E-state index contributed by atoms with van der Waals surface area (Å²) in [5.74, 6) is 1.57. The van der Waals surface area contributed by atoms with Crippen LogP contribution in [0.1, 0.15) is 136 Å². The topological polar surface area (TPSA) is 8.81 Å². The van der Waals surface area contributed by atoms with E-state index in [1.165, 1.54) is 129 Å². The quantitative estimate of drug-likeness (QED) is 0.157. The van der Waals surface area contributed by atoms with Crippen molar-refractivity contribution >= 4 is 0 Å². The average Bonchev–Trinajstić information content (AvgIpc) is 3.09. The molecule has 0 spiro atoms. The molecular formula is C26H51N2+. The third-order valence-electron chi connectivity index (χ3n) is 6.10. The van der Waals surface area contributed by atoms with Gasteiger partial charge in [0.25, 0.3) is 5.82 Å². The van der Waals surface area contributed by atoms with Crippen molar-refractivity contribution in [3.8, 4) is 0 Å². The molecule has 0 saturated carbocycles. The van der Waals surface area contributed by atoms with Gasteiger partial charge in [0, 0.05) is 6.42 Å². The Labute approximate surface area is 177 Å². The number of imidazole rings is 1. The minimum Gasteiger partial charge on any atom is -0.234 e. The fourth-order valence-electron chi connectivity index (χ4n) is 4.18. The van der Waals surface area contributed by atoms with Crippen molar-refractivity contribution in [2.24, 2.45) is 0 Å². The van der Waals surface area contributed by atoms with E-state index < -0.39 is 0 Å². The lowest BCUT2D eigenvalue weighted by atomic mass is 10.1. The van der Waals surface area contributed by atoms with Gasteiger partial charge in [-0.05, 0) is 25.7 Å². The molecule has 0 aliphatic carbocycles. The molecule has 0 atom stereocenters. The first-order valence-electron chi connectivity index (χ1n) is 12.9. The van der Waals surface area contributed by atoms with E-state index in [-0.39, 0.29) is 0 Å². The molecule has 0 bridgehead atoms. The highest BCUT2D eigenvalue weighted by atomic mass is 15.1. The van der Waals surface area contributed by atoms with Crippen LogP contribution in [0, 0.1) is 0 Å². The third kappa shape index (κ3) is 11.9. The smallest absolute Gasteiger partial charge is 0.234 e. The van der Waals surface area contributed by atoms with Crippen LogP contribution in [0.5, 0.6) is 0 Å². The number of hydrogen-bond donors (Lipinski definition) is 0. The lowest BCUT2D eigenvalue weighted by molar-refractivity contribution is -0.704. The first-order valence-corrected chi connectivity index (χ1v) is 12.9. The largest absolute Gasteiger partial charge is 0.256 e. The number of nitrogens with zero attached hydrogens (tertiary/aromatic N) is 2. The molecule has 164 valence electrons.